The first kappa shape index (κ1) is 16.0. The molecule has 1 aliphatic heterocycles. The molecule has 1 aliphatic rings. The Morgan fingerprint density at radius 2 is 2.29 bits per heavy atom. The van der Waals surface area contributed by atoms with Crippen LogP contribution in [-0.4, -0.2) is 46.3 Å². The average molecular weight is 294 g/mol. The van der Waals surface area contributed by atoms with E-state index in [1.807, 2.05) is 15.8 Å². The molecule has 6 nitrogen and oxygen atoms in total. The highest BCUT2D eigenvalue weighted by Crippen LogP contribution is 2.08. The summed E-state index contributed by atoms with van der Waals surface area (Å²) in [6.45, 7) is 7.36. The van der Waals surface area contributed by atoms with Gasteiger partial charge in [-0.15, -0.1) is 0 Å². The van der Waals surface area contributed by atoms with Crippen LogP contribution in [0.5, 0.6) is 0 Å². The Morgan fingerprint density at radius 3 is 2.90 bits per heavy atom. The van der Waals surface area contributed by atoms with Gasteiger partial charge in [0.2, 0.25) is 5.91 Å². The minimum atomic E-state index is 0.0861. The molecule has 1 aromatic rings. The Kier molecular flexibility index (Phi) is 6.20. The lowest BCUT2D eigenvalue weighted by atomic mass is 10.0. The third-order valence-corrected chi connectivity index (χ3v) is 3.78. The van der Waals surface area contributed by atoms with Gasteiger partial charge in [-0.25, -0.2) is 4.98 Å². The minimum absolute atomic E-state index is 0.0861. The Hall–Kier alpha value is -1.40. The molecular formula is C15H26N4O2. The van der Waals surface area contributed by atoms with Crippen LogP contribution in [0.3, 0.4) is 0 Å². The summed E-state index contributed by atoms with van der Waals surface area (Å²) in [4.78, 5) is 21.7. The first-order valence-corrected chi connectivity index (χ1v) is 7.78. The molecule has 1 saturated heterocycles. The smallest absolute Gasteiger partial charge is 0.221 e. The Balaban J connectivity index is 1.75. The summed E-state index contributed by atoms with van der Waals surface area (Å²) in [5.74, 6) is 0.463. The molecule has 1 atom stereocenters. The molecule has 0 spiro atoms. The fourth-order valence-electron chi connectivity index (χ4n) is 2.37. The van der Waals surface area contributed by atoms with Crippen molar-refractivity contribution in [3.8, 4) is 0 Å². The topological polar surface area (TPSA) is 59.4 Å². The zero-order valence-electron chi connectivity index (χ0n) is 13.0. The number of carbonyl (C=O) groups is 1. The van der Waals surface area contributed by atoms with Crippen molar-refractivity contribution < 1.29 is 9.63 Å². The Morgan fingerprint density at radius 1 is 1.43 bits per heavy atom. The number of rotatable bonds is 7. The highest BCUT2D eigenvalue weighted by atomic mass is 16.7. The van der Waals surface area contributed by atoms with Gasteiger partial charge in [0.25, 0.3) is 0 Å². The average Bonchev–Trinajstić information content (AvgIpc) is 2.98. The van der Waals surface area contributed by atoms with Gasteiger partial charge in [0.05, 0.1) is 12.9 Å². The Bertz CT molecular complexity index is 413. The van der Waals surface area contributed by atoms with Crippen LogP contribution >= 0.6 is 0 Å². The molecule has 0 unspecified atom stereocenters. The van der Waals surface area contributed by atoms with Crippen LogP contribution in [0.25, 0.3) is 0 Å². The van der Waals surface area contributed by atoms with Crippen molar-refractivity contribution in [1.82, 2.24) is 19.9 Å². The van der Waals surface area contributed by atoms with E-state index in [9.17, 15) is 4.79 Å². The first-order valence-electron chi connectivity index (χ1n) is 7.78. The predicted molar refractivity (Wildman–Crippen MR) is 80.4 cm³/mol. The number of hydroxylamine groups is 2. The molecule has 0 aliphatic carbocycles. The number of imidazole rings is 1. The van der Waals surface area contributed by atoms with Gasteiger partial charge < -0.3 is 9.88 Å². The maximum absolute atomic E-state index is 12.1. The molecule has 6 heteroatoms. The van der Waals surface area contributed by atoms with E-state index >= 15 is 0 Å². The van der Waals surface area contributed by atoms with Gasteiger partial charge in [-0.3, -0.25) is 9.63 Å². The van der Waals surface area contributed by atoms with Crippen molar-refractivity contribution in [1.29, 1.82) is 0 Å². The number of amides is 1. The van der Waals surface area contributed by atoms with E-state index in [0.29, 0.717) is 18.9 Å². The molecule has 118 valence electrons. The van der Waals surface area contributed by atoms with Gasteiger partial charge in [0, 0.05) is 44.5 Å². The van der Waals surface area contributed by atoms with Gasteiger partial charge in [0.15, 0.2) is 0 Å². The quantitative estimate of drug-likeness (QED) is 0.827. The second-order valence-corrected chi connectivity index (χ2v) is 5.90. The highest BCUT2D eigenvalue weighted by Gasteiger charge is 2.18. The second-order valence-electron chi connectivity index (χ2n) is 5.90. The fourth-order valence-corrected chi connectivity index (χ4v) is 2.37. The van der Waals surface area contributed by atoms with E-state index in [0.717, 1.165) is 32.5 Å². The van der Waals surface area contributed by atoms with Gasteiger partial charge in [-0.2, -0.15) is 5.06 Å². The third-order valence-electron chi connectivity index (χ3n) is 3.78. The van der Waals surface area contributed by atoms with E-state index in [-0.39, 0.29) is 11.9 Å². The summed E-state index contributed by atoms with van der Waals surface area (Å²) in [5.41, 5.74) is 0. The lowest BCUT2D eigenvalue weighted by Crippen LogP contribution is -2.43. The predicted octanol–water partition coefficient (Wildman–Crippen LogP) is 1.44. The van der Waals surface area contributed by atoms with Crippen LogP contribution < -0.4 is 5.32 Å². The van der Waals surface area contributed by atoms with Crippen LogP contribution in [0.2, 0.25) is 0 Å². The summed E-state index contributed by atoms with van der Waals surface area (Å²) in [6, 6.07) is 0.119. The van der Waals surface area contributed by atoms with Crippen molar-refractivity contribution in [2.45, 2.75) is 45.7 Å². The molecule has 0 saturated carbocycles. The summed E-state index contributed by atoms with van der Waals surface area (Å²) in [6.07, 6.45) is 8.20. The molecule has 1 N–H and O–H groups in total. The summed E-state index contributed by atoms with van der Waals surface area (Å²) >= 11 is 0. The summed E-state index contributed by atoms with van der Waals surface area (Å²) < 4.78 is 2.00. The normalized spacial score (nSPS) is 17.9. The number of carbonyl (C=O) groups excluding carboxylic acids is 1. The minimum Gasteiger partial charge on any atom is -0.351 e. The molecule has 1 aromatic heterocycles. The van der Waals surface area contributed by atoms with Crippen LogP contribution in [0.4, 0.5) is 0 Å². The largest absolute Gasteiger partial charge is 0.351 e. The highest BCUT2D eigenvalue weighted by molar-refractivity contribution is 5.76. The van der Waals surface area contributed by atoms with Gasteiger partial charge in [0.1, 0.15) is 0 Å². The standard InChI is InChI=1S/C15H26N4O2/c1-13(2)14(11-18-9-6-16-12-18)17-15(20)5-8-19-7-3-4-10-21-19/h6,9,12-14H,3-5,7-8,10-11H2,1-2H3,(H,17,20)/t14-/m0/s1. The maximum atomic E-state index is 12.1. The van der Waals surface area contributed by atoms with E-state index in [4.69, 9.17) is 4.84 Å². The number of aromatic nitrogens is 2. The number of hydrogen-bond donors (Lipinski definition) is 1. The first-order chi connectivity index (χ1) is 10.1. The van der Waals surface area contributed by atoms with Crippen molar-refractivity contribution in [3.05, 3.63) is 18.7 Å². The van der Waals surface area contributed by atoms with Crippen LogP contribution in [0, 0.1) is 5.92 Å². The number of nitrogens with zero attached hydrogens (tertiary/aromatic N) is 3. The van der Waals surface area contributed by atoms with Crippen LogP contribution in [0.15, 0.2) is 18.7 Å². The number of hydrogen-bond acceptors (Lipinski definition) is 4. The third kappa shape index (κ3) is 5.47. The lowest BCUT2D eigenvalue weighted by Gasteiger charge is -2.27. The van der Waals surface area contributed by atoms with E-state index in [1.165, 1.54) is 0 Å². The van der Waals surface area contributed by atoms with Crippen LogP contribution in [-0.2, 0) is 16.2 Å². The maximum Gasteiger partial charge on any atom is 0.221 e. The van der Waals surface area contributed by atoms with Crippen molar-refractivity contribution >= 4 is 5.91 Å². The molecule has 2 heterocycles. The molecule has 1 fully saturated rings. The number of nitrogens with one attached hydrogen (secondary N) is 1. The fraction of sp³-hybridized carbons (Fsp3) is 0.733. The molecule has 0 radical (unpaired) electrons. The van der Waals surface area contributed by atoms with Gasteiger partial charge in [-0.05, 0) is 18.8 Å². The SMILES string of the molecule is CC(C)[C@H](Cn1ccnc1)NC(=O)CCN1CCCCO1. The van der Waals surface area contributed by atoms with E-state index in [2.05, 4.69) is 24.1 Å². The zero-order valence-corrected chi connectivity index (χ0v) is 13.0. The molecule has 2 rings (SSSR count). The second kappa shape index (κ2) is 8.14. The molecular weight excluding hydrogens is 268 g/mol. The van der Waals surface area contributed by atoms with Gasteiger partial charge >= 0.3 is 0 Å². The molecule has 0 aromatic carbocycles. The Labute approximate surface area is 126 Å². The van der Waals surface area contributed by atoms with Crippen molar-refractivity contribution in [3.63, 3.8) is 0 Å². The molecule has 1 amide bonds. The van der Waals surface area contributed by atoms with E-state index in [1.54, 1.807) is 12.5 Å². The molecule has 0 bridgehead atoms. The summed E-state index contributed by atoms with van der Waals surface area (Å²) in [5, 5.41) is 5.03. The van der Waals surface area contributed by atoms with Gasteiger partial charge in [-0.1, -0.05) is 13.8 Å². The zero-order chi connectivity index (χ0) is 15.1. The molecule has 21 heavy (non-hydrogen) atoms. The van der Waals surface area contributed by atoms with Crippen LogP contribution in [0.1, 0.15) is 33.1 Å². The van der Waals surface area contributed by atoms with Crippen molar-refractivity contribution in [2.75, 3.05) is 19.7 Å². The van der Waals surface area contributed by atoms with Crippen molar-refractivity contribution in [2.24, 2.45) is 5.92 Å². The summed E-state index contributed by atoms with van der Waals surface area (Å²) in [7, 11) is 0. The monoisotopic (exact) mass is 294 g/mol. The van der Waals surface area contributed by atoms with E-state index < -0.39 is 0 Å². The lowest BCUT2D eigenvalue weighted by molar-refractivity contribution is -0.181.